The molecule has 0 N–H and O–H groups in total. The van der Waals surface area contributed by atoms with Crippen molar-refractivity contribution in [1.82, 2.24) is 0 Å². The van der Waals surface area contributed by atoms with Crippen molar-refractivity contribution < 1.29 is 9.13 Å². The molecule has 0 aliphatic rings. The summed E-state index contributed by atoms with van der Waals surface area (Å²) in [5, 5.41) is 0.0591. The van der Waals surface area contributed by atoms with Gasteiger partial charge in [-0.1, -0.05) is 23.8 Å². The second-order valence-corrected chi connectivity index (χ2v) is 3.23. The van der Waals surface area contributed by atoms with E-state index in [9.17, 15) is 4.39 Å². The van der Waals surface area contributed by atoms with Crippen molar-refractivity contribution in [2.75, 3.05) is 12.5 Å². The van der Waals surface area contributed by atoms with Gasteiger partial charge in [0.05, 0.1) is 5.02 Å². The molecule has 1 rings (SSSR count). The zero-order chi connectivity index (χ0) is 10.4. The van der Waals surface area contributed by atoms with Crippen molar-refractivity contribution in [2.24, 2.45) is 0 Å². The van der Waals surface area contributed by atoms with Crippen molar-refractivity contribution in [1.29, 1.82) is 0 Å². The third kappa shape index (κ3) is 3.56. The summed E-state index contributed by atoms with van der Waals surface area (Å²) >= 11 is 11.0. The second-order valence-electron chi connectivity index (χ2n) is 2.51. The molecule has 0 amide bonds. The number of allylic oxidation sites excluding steroid dienone is 1. The van der Waals surface area contributed by atoms with Gasteiger partial charge in [0.15, 0.2) is 0 Å². The van der Waals surface area contributed by atoms with E-state index in [4.69, 9.17) is 27.9 Å². The van der Waals surface area contributed by atoms with Gasteiger partial charge in [0.1, 0.15) is 18.2 Å². The maximum atomic E-state index is 12.7. The van der Waals surface area contributed by atoms with E-state index in [2.05, 4.69) is 0 Å². The molecule has 76 valence electrons. The highest BCUT2D eigenvalue weighted by molar-refractivity contribution is 6.30. The van der Waals surface area contributed by atoms with Crippen LogP contribution in [0.15, 0.2) is 30.4 Å². The van der Waals surface area contributed by atoms with Gasteiger partial charge in [-0.3, -0.25) is 0 Å². The van der Waals surface area contributed by atoms with Crippen LogP contribution in [0, 0.1) is 5.82 Å². The van der Waals surface area contributed by atoms with Gasteiger partial charge in [0, 0.05) is 11.9 Å². The minimum Gasteiger partial charge on any atom is -0.489 e. The maximum absolute atomic E-state index is 12.7. The minimum atomic E-state index is -0.449. The van der Waals surface area contributed by atoms with Crippen LogP contribution in [0.25, 0.3) is 0 Å². The number of hydrogen-bond acceptors (Lipinski definition) is 1. The van der Waals surface area contributed by atoms with E-state index < -0.39 is 5.82 Å². The van der Waals surface area contributed by atoms with E-state index in [0.717, 1.165) is 0 Å². The summed E-state index contributed by atoms with van der Waals surface area (Å²) in [6.07, 6.45) is 3.55. The quantitative estimate of drug-likeness (QED) is 0.571. The average molecular weight is 235 g/mol. The largest absolute Gasteiger partial charge is 0.489 e. The molecule has 14 heavy (non-hydrogen) atoms. The Hall–Kier alpha value is -0.730. The smallest absolute Gasteiger partial charge is 0.142 e. The molecule has 0 fully saturated rings. The SMILES string of the molecule is Fc1ccc(OCC=CCCl)cc1Cl. The average Bonchev–Trinajstić information content (AvgIpc) is 2.18. The van der Waals surface area contributed by atoms with Crippen LogP contribution in [0.3, 0.4) is 0 Å². The van der Waals surface area contributed by atoms with Crippen LogP contribution in [0.5, 0.6) is 5.75 Å². The van der Waals surface area contributed by atoms with Crippen LogP contribution < -0.4 is 4.74 Å². The molecule has 0 saturated carbocycles. The van der Waals surface area contributed by atoms with Crippen LogP contribution in [0.2, 0.25) is 5.02 Å². The highest BCUT2D eigenvalue weighted by Gasteiger charge is 2.00. The second kappa shape index (κ2) is 5.89. The van der Waals surface area contributed by atoms with Gasteiger partial charge >= 0.3 is 0 Å². The number of alkyl halides is 1. The van der Waals surface area contributed by atoms with Gasteiger partial charge in [-0.25, -0.2) is 4.39 Å². The van der Waals surface area contributed by atoms with E-state index >= 15 is 0 Å². The Bertz CT molecular complexity index is 326. The van der Waals surface area contributed by atoms with Crippen molar-refractivity contribution in [3.8, 4) is 5.75 Å². The highest BCUT2D eigenvalue weighted by atomic mass is 35.5. The fourth-order valence-corrected chi connectivity index (χ4v) is 1.14. The lowest BCUT2D eigenvalue weighted by atomic mass is 10.3. The molecule has 0 spiro atoms. The summed E-state index contributed by atoms with van der Waals surface area (Å²) in [6.45, 7) is 0.398. The lowest BCUT2D eigenvalue weighted by Gasteiger charge is -2.03. The van der Waals surface area contributed by atoms with Crippen LogP contribution in [-0.2, 0) is 0 Å². The Balaban J connectivity index is 2.51. The van der Waals surface area contributed by atoms with Crippen molar-refractivity contribution >= 4 is 23.2 Å². The molecule has 0 bridgehead atoms. The zero-order valence-electron chi connectivity index (χ0n) is 7.34. The number of benzene rings is 1. The summed E-state index contributed by atoms with van der Waals surface area (Å²) in [7, 11) is 0. The first-order valence-electron chi connectivity index (χ1n) is 4.03. The molecule has 0 aromatic heterocycles. The zero-order valence-corrected chi connectivity index (χ0v) is 8.85. The Kier molecular flexibility index (Phi) is 4.77. The van der Waals surface area contributed by atoms with Crippen molar-refractivity contribution in [2.45, 2.75) is 0 Å². The Morgan fingerprint density at radius 2 is 2.14 bits per heavy atom. The normalized spacial score (nSPS) is 10.8. The number of halogens is 3. The fraction of sp³-hybridized carbons (Fsp3) is 0.200. The standard InChI is InChI=1S/C10H9Cl2FO/c11-5-1-2-6-14-8-3-4-10(13)9(12)7-8/h1-4,7H,5-6H2. The van der Waals surface area contributed by atoms with E-state index in [1.165, 1.54) is 18.2 Å². The summed E-state index contributed by atoms with van der Waals surface area (Å²) in [5.74, 6) is 0.541. The summed E-state index contributed by atoms with van der Waals surface area (Å²) in [4.78, 5) is 0. The van der Waals surface area contributed by atoms with Crippen molar-refractivity contribution in [3.05, 3.63) is 41.2 Å². The molecule has 1 aromatic carbocycles. The molecule has 0 atom stereocenters. The first-order valence-corrected chi connectivity index (χ1v) is 4.94. The molecular formula is C10H9Cl2FO. The summed E-state index contributed by atoms with van der Waals surface area (Å²) in [5.41, 5.74) is 0. The van der Waals surface area contributed by atoms with Gasteiger partial charge in [-0.05, 0) is 12.1 Å². The molecule has 1 nitrogen and oxygen atoms in total. The van der Waals surface area contributed by atoms with Gasteiger partial charge in [-0.2, -0.15) is 0 Å². The predicted octanol–water partition coefficient (Wildman–Crippen LogP) is 3.65. The number of ether oxygens (including phenoxy) is 1. The Morgan fingerprint density at radius 1 is 1.36 bits per heavy atom. The Labute approximate surface area is 92.1 Å². The highest BCUT2D eigenvalue weighted by Crippen LogP contribution is 2.20. The topological polar surface area (TPSA) is 9.23 Å². The van der Waals surface area contributed by atoms with E-state index in [1.54, 1.807) is 12.2 Å². The lowest BCUT2D eigenvalue weighted by molar-refractivity contribution is 0.362. The third-order valence-corrected chi connectivity index (χ3v) is 1.96. The third-order valence-electron chi connectivity index (χ3n) is 1.49. The molecule has 0 radical (unpaired) electrons. The minimum absolute atomic E-state index is 0.0591. The molecule has 0 aliphatic heterocycles. The Morgan fingerprint density at radius 3 is 2.79 bits per heavy atom. The molecule has 0 aliphatic carbocycles. The van der Waals surface area contributed by atoms with Crippen molar-refractivity contribution in [3.63, 3.8) is 0 Å². The molecule has 0 heterocycles. The van der Waals surface area contributed by atoms with E-state index in [-0.39, 0.29) is 5.02 Å². The lowest BCUT2D eigenvalue weighted by Crippen LogP contribution is -1.93. The number of hydrogen-bond donors (Lipinski definition) is 0. The van der Waals surface area contributed by atoms with Crippen LogP contribution in [-0.4, -0.2) is 12.5 Å². The fourth-order valence-electron chi connectivity index (χ4n) is 0.842. The molecule has 0 saturated heterocycles. The van der Waals surface area contributed by atoms with E-state index in [0.29, 0.717) is 18.2 Å². The summed E-state index contributed by atoms with van der Waals surface area (Å²) < 4.78 is 18.0. The predicted molar refractivity (Wildman–Crippen MR) is 56.8 cm³/mol. The first kappa shape index (κ1) is 11.3. The van der Waals surface area contributed by atoms with Gasteiger partial charge in [0.2, 0.25) is 0 Å². The van der Waals surface area contributed by atoms with E-state index in [1.807, 2.05) is 0 Å². The van der Waals surface area contributed by atoms with Crippen LogP contribution in [0.4, 0.5) is 4.39 Å². The molecule has 1 aromatic rings. The van der Waals surface area contributed by atoms with Gasteiger partial charge < -0.3 is 4.74 Å². The van der Waals surface area contributed by atoms with Crippen LogP contribution in [0.1, 0.15) is 0 Å². The maximum Gasteiger partial charge on any atom is 0.142 e. The molecule has 0 unspecified atom stereocenters. The van der Waals surface area contributed by atoms with Crippen LogP contribution >= 0.6 is 23.2 Å². The molecular weight excluding hydrogens is 226 g/mol. The monoisotopic (exact) mass is 234 g/mol. The van der Waals surface area contributed by atoms with Gasteiger partial charge in [-0.15, -0.1) is 11.6 Å². The first-order chi connectivity index (χ1) is 6.74. The molecule has 4 heteroatoms. The number of rotatable bonds is 4. The van der Waals surface area contributed by atoms with Gasteiger partial charge in [0.25, 0.3) is 0 Å². The summed E-state index contributed by atoms with van der Waals surface area (Å²) in [6, 6.07) is 4.23.